The van der Waals surface area contributed by atoms with Crippen molar-refractivity contribution in [3.63, 3.8) is 0 Å². The maximum atomic E-state index is 12.3. The maximum absolute atomic E-state index is 12.3. The lowest BCUT2D eigenvalue weighted by Gasteiger charge is -2.06. The smallest absolute Gasteiger partial charge is 0.226 e. The molecular weight excluding hydrogens is 418 g/mol. The number of rotatable bonds is 10. The number of anilines is 1. The Morgan fingerprint density at radius 3 is 3.00 bits per heavy atom. The average Bonchev–Trinajstić information content (AvgIpc) is 3.24. The van der Waals surface area contributed by atoms with Gasteiger partial charge in [-0.05, 0) is 56.6 Å². The normalized spacial score (nSPS) is 10.7. The van der Waals surface area contributed by atoms with Gasteiger partial charge in [-0.3, -0.25) is 14.5 Å². The number of unbranched alkanes of at least 4 members (excludes halogenated alkanes) is 1. The topological polar surface area (TPSA) is 84.8 Å². The molecule has 3 aromatic rings. The van der Waals surface area contributed by atoms with Crippen molar-refractivity contribution < 1.29 is 9.53 Å². The number of allylic oxidation sites excluding steroid dienone is 1. The molecule has 0 bridgehead atoms. The highest BCUT2D eigenvalue weighted by Crippen LogP contribution is 2.31. The summed E-state index contributed by atoms with van der Waals surface area (Å²) in [5, 5.41) is 10.5. The van der Waals surface area contributed by atoms with Gasteiger partial charge in [-0.15, -0.1) is 6.58 Å². The monoisotopic (exact) mass is 443 g/mol. The van der Waals surface area contributed by atoms with E-state index in [0.717, 1.165) is 29.2 Å². The van der Waals surface area contributed by atoms with Crippen LogP contribution in [0.1, 0.15) is 30.5 Å². The SMILES string of the molecule is C=CCn1c(-c2sc(NC(=O)CCCCOc3cccc(C)c3)nc2C)n[nH]c1=S. The van der Waals surface area contributed by atoms with Crippen LogP contribution in [0.25, 0.3) is 10.7 Å². The van der Waals surface area contributed by atoms with Gasteiger partial charge in [0.15, 0.2) is 15.7 Å². The number of nitrogens with zero attached hydrogens (tertiary/aromatic N) is 3. The maximum Gasteiger partial charge on any atom is 0.226 e. The third-order valence-electron chi connectivity index (χ3n) is 4.37. The number of ether oxygens (including phenoxy) is 1. The zero-order valence-corrected chi connectivity index (χ0v) is 18.7. The van der Waals surface area contributed by atoms with Crippen LogP contribution in [0.3, 0.4) is 0 Å². The van der Waals surface area contributed by atoms with Gasteiger partial charge in [-0.1, -0.05) is 29.5 Å². The summed E-state index contributed by atoms with van der Waals surface area (Å²) in [6, 6.07) is 7.95. The highest BCUT2D eigenvalue weighted by Gasteiger charge is 2.17. The number of carbonyl (C=O) groups is 1. The van der Waals surface area contributed by atoms with E-state index in [2.05, 4.69) is 27.1 Å². The van der Waals surface area contributed by atoms with E-state index in [1.165, 1.54) is 16.9 Å². The first-order valence-electron chi connectivity index (χ1n) is 9.71. The summed E-state index contributed by atoms with van der Waals surface area (Å²) < 4.78 is 8.09. The number of benzene rings is 1. The molecule has 0 saturated heterocycles. The summed E-state index contributed by atoms with van der Waals surface area (Å²) in [7, 11) is 0. The van der Waals surface area contributed by atoms with Gasteiger partial charge in [0.1, 0.15) is 5.75 Å². The van der Waals surface area contributed by atoms with Crippen LogP contribution in [0, 0.1) is 18.6 Å². The van der Waals surface area contributed by atoms with E-state index >= 15 is 0 Å². The zero-order chi connectivity index (χ0) is 21.5. The molecule has 0 aliphatic carbocycles. The van der Waals surface area contributed by atoms with E-state index < -0.39 is 0 Å². The Hall–Kier alpha value is -2.78. The molecule has 2 heterocycles. The van der Waals surface area contributed by atoms with Crippen LogP contribution in [0.4, 0.5) is 5.13 Å². The molecule has 3 rings (SSSR count). The standard InChI is InChI=1S/C21H25N5O2S2/c1-4-11-26-19(24-25-21(26)29)18-15(3)22-20(30-18)23-17(27)10-5-6-12-28-16-9-7-8-14(2)13-16/h4,7-9,13H,1,5-6,10-12H2,2-3H3,(H,25,29)(H,22,23,27). The number of aromatic amines is 1. The van der Waals surface area contributed by atoms with Crippen LogP contribution >= 0.6 is 23.6 Å². The van der Waals surface area contributed by atoms with E-state index in [-0.39, 0.29) is 5.91 Å². The number of aryl methyl sites for hydroxylation is 2. The van der Waals surface area contributed by atoms with Crippen LogP contribution < -0.4 is 10.1 Å². The second kappa shape index (κ2) is 10.3. The molecule has 0 aliphatic heterocycles. The van der Waals surface area contributed by atoms with E-state index in [1.54, 1.807) is 6.08 Å². The Labute approximate surface area is 184 Å². The summed E-state index contributed by atoms with van der Waals surface area (Å²) >= 11 is 6.65. The van der Waals surface area contributed by atoms with Crippen LogP contribution in [0.5, 0.6) is 5.75 Å². The van der Waals surface area contributed by atoms with Gasteiger partial charge >= 0.3 is 0 Å². The molecule has 0 aliphatic rings. The number of amides is 1. The van der Waals surface area contributed by atoms with Gasteiger partial charge in [0.25, 0.3) is 0 Å². The Bertz CT molecular complexity index is 1080. The first-order valence-corrected chi connectivity index (χ1v) is 10.9. The van der Waals surface area contributed by atoms with Crippen molar-refractivity contribution in [3.05, 3.63) is 52.9 Å². The second-order valence-corrected chi connectivity index (χ2v) is 8.24. The molecule has 0 spiro atoms. The molecule has 0 saturated carbocycles. The molecular formula is C21H25N5O2S2. The average molecular weight is 444 g/mol. The lowest BCUT2D eigenvalue weighted by Crippen LogP contribution is -2.11. The fraction of sp³-hybridized carbons (Fsp3) is 0.333. The first kappa shape index (κ1) is 21.9. The van der Waals surface area contributed by atoms with Gasteiger partial charge in [0.05, 0.1) is 17.2 Å². The van der Waals surface area contributed by atoms with Crippen LogP contribution in [-0.4, -0.2) is 32.3 Å². The summed E-state index contributed by atoms with van der Waals surface area (Å²) in [6.07, 6.45) is 3.73. The molecule has 2 N–H and O–H groups in total. The number of nitrogens with one attached hydrogen (secondary N) is 2. The van der Waals surface area contributed by atoms with Gasteiger partial charge in [0, 0.05) is 13.0 Å². The largest absolute Gasteiger partial charge is 0.494 e. The van der Waals surface area contributed by atoms with E-state index in [0.29, 0.717) is 35.3 Å². The summed E-state index contributed by atoms with van der Waals surface area (Å²) in [5.41, 5.74) is 1.96. The minimum Gasteiger partial charge on any atom is -0.494 e. The third kappa shape index (κ3) is 5.64. The second-order valence-electron chi connectivity index (χ2n) is 6.86. The predicted molar refractivity (Wildman–Crippen MR) is 123 cm³/mol. The summed E-state index contributed by atoms with van der Waals surface area (Å²) in [5.74, 6) is 1.50. The quantitative estimate of drug-likeness (QED) is 0.260. The predicted octanol–water partition coefficient (Wildman–Crippen LogP) is 5.05. The Balaban J connectivity index is 1.50. The molecule has 0 atom stereocenters. The fourth-order valence-corrected chi connectivity index (χ4v) is 4.10. The molecule has 7 nitrogen and oxygen atoms in total. The molecule has 9 heteroatoms. The van der Waals surface area contributed by atoms with Gasteiger partial charge in [0.2, 0.25) is 5.91 Å². The lowest BCUT2D eigenvalue weighted by molar-refractivity contribution is -0.116. The number of carbonyl (C=O) groups excluding carboxylic acids is 1. The molecule has 2 aromatic heterocycles. The Morgan fingerprint density at radius 2 is 2.23 bits per heavy atom. The molecule has 1 aromatic carbocycles. The van der Waals surface area contributed by atoms with Crippen molar-refractivity contribution in [2.24, 2.45) is 0 Å². The van der Waals surface area contributed by atoms with Crippen molar-refractivity contribution in [1.82, 2.24) is 19.7 Å². The molecule has 0 radical (unpaired) electrons. The van der Waals surface area contributed by atoms with Crippen molar-refractivity contribution in [1.29, 1.82) is 0 Å². The number of thiazole rings is 1. The van der Waals surface area contributed by atoms with Crippen molar-refractivity contribution in [2.45, 2.75) is 39.7 Å². The van der Waals surface area contributed by atoms with E-state index in [9.17, 15) is 4.79 Å². The van der Waals surface area contributed by atoms with Crippen LogP contribution in [0.2, 0.25) is 0 Å². The highest BCUT2D eigenvalue weighted by atomic mass is 32.1. The number of aromatic nitrogens is 4. The number of hydrogen-bond donors (Lipinski definition) is 2. The van der Waals surface area contributed by atoms with Crippen LogP contribution in [-0.2, 0) is 11.3 Å². The van der Waals surface area contributed by atoms with Crippen LogP contribution in [0.15, 0.2) is 36.9 Å². The summed E-state index contributed by atoms with van der Waals surface area (Å²) in [4.78, 5) is 17.6. The summed E-state index contributed by atoms with van der Waals surface area (Å²) in [6.45, 7) is 8.81. The number of hydrogen-bond acceptors (Lipinski definition) is 6. The molecule has 0 unspecified atom stereocenters. The Kier molecular flexibility index (Phi) is 7.53. The molecule has 30 heavy (non-hydrogen) atoms. The van der Waals surface area contributed by atoms with E-state index in [1.807, 2.05) is 42.7 Å². The fourth-order valence-electron chi connectivity index (χ4n) is 2.91. The number of H-pyrrole nitrogens is 1. The zero-order valence-electron chi connectivity index (χ0n) is 17.1. The highest BCUT2D eigenvalue weighted by molar-refractivity contribution is 7.71. The van der Waals surface area contributed by atoms with Gasteiger partial charge in [-0.25, -0.2) is 4.98 Å². The van der Waals surface area contributed by atoms with Gasteiger partial charge < -0.3 is 10.1 Å². The molecule has 158 valence electrons. The molecule has 1 amide bonds. The van der Waals surface area contributed by atoms with E-state index in [4.69, 9.17) is 17.0 Å². The third-order valence-corrected chi connectivity index (χ3v) is 5.75. The lowest BCUT2D eigenvalue weighted by atomic mass is 10.2. The van der Waals surface area contributed by atoms with Crippen molar-refractivity contribution in [2.75, 3.05) is 11.9 Å². The minimum atomic E-state index is -0.0594. The minimum absolute atomic E-state index is 0.0594. The molecule has 0 fully saturated rings. The Morgan fingerprint density at radius 1 is 1.40 bits per heavy atom. The van der Waals surface area contributed by atoms with Gasteiger partial charge in [-0.2, -0.15) is 5.10 Å². The van der Waals surface area contributed by atoms with Crippen molar-refractivity contribution in [3.8, 4) is 16.5 Å². The first-order chi connectivity index (χ1) is 14.5. The van der Waals surface area contributed by atoms with Crippen molar-refractivity contribution >= 4 is 34.6 Å².